The molecular formula is C26H26O. The summed E-state index contributed by atoms with van der Waals surface area (Å²) in [5.41, 5.74) is 3.52. The van der Waals surface area contributed by atoms with Gasteiger partial charge in [-0.25, -0.2) is 0 Å². The smallest absolute Gasteiger partial charge is 0.127 e. The third-order valence-electron chi connectivity index (χ3n) is 5.03. The van der Waals surface area contributed by atoms with Crippen LogP contribution >= 0.6 is 0 Å². The lowest BCUT2D eigenvalue weighted by atomic mass is 9.78. The molecule has 0 radical (unpaired) electrons. The van der Waals surface area contributed by atoms with Crippen LogP contribution in [-0.4, -0.2) is 0 Å². The van der Waals surface area contributed by atoms with Gasteiger partial charge in [0.1, 0.15) is 11.5 Å². The summed E-state index contributed by atoms with van der Waals surface area (Å²) in [5.74, 6) is 4.75. The highest BCUT2D eigenvalue weighted by molar-refractivity contribution is 5.36. The lowest BCUT2D eigenvalue weighted by Crippen LogP contribution is -2.19. The molecule has 0 N–H and O–H groups in total. The highest BCUT2D eigenvalue weighted by atomic mass is 16.5. The topological polar surface area (TPSA) is 9.23 Å². The summed E-state index contributed by atoms with van der Waals surface area (Å²) in [5, 5.41) is 0. The van der Waals surface area contributed by atoms with Crippen LogP contribution in [0.5, 0.6) is 11.5 Å². The van der Waals surface area contributed by atoms with Crippen LogP contribution in [-0.2, 0) is 11.8 Å². The summed E-state index contributed by atoms with van der Waals surface area (Å²) in [6, 6.07) is 26.8. The second-order valence-corrected chi connectivity index (χ2v) is 7.26. The molecule has 1 atom stereocenters. The molecule has 0 spiro atoms. The zero-order chi connectivity index (χ0) is 19.1. The lowest BCUT2D eigenvalue weighted by Gasteiger charge is -2.24. The van der Waals surface area contributed by atoms with E-state index in [1.165, 1.54) is 16.7 Å². The quantitative estimate of drug-likeness (QED) is 0.429. The van der Waals surface area contributed by atoms with Gasteiger partial charge in [0.2, 0.25) is 0 Å². The van der Waals surface area contributed by atoms with Crippen LogP contribution in [0.25, 0.3) is 0 Å². The van der Waals surface area contributed by atoms with Crippen molar-refractivity contribution < 1.29 is 4.74 Å². The molecule has 1 heteroatoms. The largest absolute Gasteiger partial charge is 0.457 e. The molecule has 0 heterocycles. The summed E-state index contributed by atoms with van der Waals surface area (Å²) < 4.78 is 5.94. The Morgan fingerprint density at radius 1 is 0.889 bits per heavy atom. The Labute approximate surface area is 163 Å². The summed E-state index contributed by atoms with van der Waals surface area (Å²) in [6.07, 6.45) is 8.86. The molecule has 3 aromatic rings. The van der Waals surface area contributed by atoms with E-state index in [1.807, 2.05) is 42.5 Å². The van der Waals surface area contributed by atoms with Gasteiger partial charge in [-0.3, -0.25) is 0 Å². The number of hydrogen-bond acceptors (Lipinski definition) is 1. The Kier molecular flexibility index (Phi) is 5.99. The molecule has 3 aromatic carbocycles. The van der Waals surface area contributed by atoms with E-state index in [0.29, 0.717) is 0 Å². The van der Waals surface area contributed by atoms with Crippen LogP contribution in [0, 0.1) is 19.3 Å². The predicted molar refractivity (Wildman–Crippen MR) is 113 cm³/mol. The number of aryl methyl sites for hydroxylation is 2. The number of rotatable bonds is 7. The van der Waals surface area contributed by atoms with Crippen molar-refractivity contribution in [3.63, 3.8) is 0 Å². The summed E-state index contributed by atoms with van der Waals surface area (Å²) in [6.45, 7) is 4.26. The van der Waals surface area contributed by atoms with Gasteiger partial charge in [0.25, 0.3) is 0 Å². The van der Waals surface area contributed by atoms with Crippen molar-refractivity contribution in [2.45, 2.75) is 38.5 Å². The second-order valence-electron chi connectivity index (χ2n) is 7.26. The van der Waals surface area contributed by atoms with E-state index in [1.54, 1.807) is 0 Å². The van der Waals surface area contributed by atoms with Crippen molar-refractivity contribution in [1.82, 2.24) is 0 Å². The molecule has 1 nitrogen and oxygen atoms in total. The fourth-order valence-electron chi connectivity index (χ4n) is 3.26. The maximum Gasteiger partial charge on any atom is 0.127 e. The Bertz CT molecular complexity index is 903. The molecule has 0 bridgehead atoms. The van der Waals surface area contributed by atoms with Crippen LogP contribution in [0.3, 0.4) is 0 Å². The number of benzene rings is 3. The van der Waals surface area contributed by atoms with Gasteiger partial charge in [-0.05, 0) is 68.5 Å². The van der Waals surface area contributed by atoms with Gasteiger partial charge in [-0.15, -0.1) is 6.42 Å². The minimum Gasteiger partial charge on any atom is -0.457 e. The molecule has 3 rings (SSSR count). The molecule has 0 aliphatic carbocycles. The van der Waals surface area contributed by atoms with Crippen molar-refractivity contribution in [2.24, 2.45) is 0 Å². The van der Waals surface area contributed by atoms with Gasteiger partial charge in [-0.1, -0.05) is 66.1 Å². The normalized spacial score (nSPS) is 12.8. The maximum absolute atomic E-state index is 5.94. The van der Waals surface area contributed by atoms with E-state index in [4.69, 9.17) is 11.2 Å². The number of hydrogen-bond donors (Lipinski definition) is 0. The van der Waals surface area contributed by atoms with E-state index >= 15 is 0 Å². The first-order valence-electron chi connectivity index (χ1n) is 9.46. The van der Waals surface area contributed by atoms with Crippen molar-refractivity contribution in [3.05, 3.63) is 95.6 Å². The second kappa shape index (κ2) is 8.60. The average Bonchev–Trinajstić information content (AvgIpc) is 2.69. The van der Waals surface area contributed by atoms with Crippen LogP contribution in [0.2, 0.25) is 0 Å². The zero-order valence-corrected chi connectivity index (χ0v) is 16.1. The Balaban J connectivity index is 1.62. The third-order valence-corrected chi connectivity index (χ3v) is 5.03. The molecule has 0 fully saturated rings. The minimum absolute atomic E-state index is 0.230. The van der Waals surface area contributed by atoms with Crippen LogP contribution in [0.15, 0.2) is 78.9 Å². The number of para-hydroxylation sites is 1. The Morgan fingerprint density at radius 2 is 1.59 bits per heavy atom. The molecule has 136 valence electrons. The van der Waals surface area contributed by atoms with Gasteiger partial charge >= 0.3 is 0 Å². The van der Waals surface area contributed by atoms with Crippen molar-refractivity contribution >= 4 is 0 Å². The standard InChI is InChI=1S/C26H26O/c1-4-26(3,23-17-15-21(2)16-18-23)19-9-11-22-10-8-14-25(20-22)27-24-12-6-5-7-13-24/h1,5-8,10,12-18,20H,9,11,19H2,2-3H3. The lowest BCUT2D eigenvalue weighted by molar-refractivity contribution is 0.481. The van der Waals surface area contributed by atoms with E-state index in [9.17, 15) is 0 Å². The van der Waals surface area contributed by atoms with Crippen LogP contribution in [0.4, 0.5) is 0 Å². The Hall–Kier alpha value is -2.98. The van der Waals surface area contributed by atoms with Gasteiger partial charge in [0, 0.05) is 0 Å². The third kappa shape index (κ3) is 5.02. The van der Waals surface area contributed by atoms with E-state index < -0.39 is 0 Å². The van der Waals surface area contributed by atoms with Gasteiger partial charge in [-0.2, -0.15) is 0 Å². The molecule has 27 heavy (non-hydrogen) atoms. The predicted octanol–water partition coefficient (Wildman–Crippen LogP) is 6.70. The van der Waals surface area contributed by atoms with E-state index in [-0.39, 0.29) is 5.41 Å². The molecule has 0 aliphatic rings. The first-order valence-corrected chi connectivity index (χ1v) is 9.46. The van der Waals surface area contributed by atoms with Crippen molar-refractivity contribution in [2.75, 3.05) is 0 Å². The number of ether oxygens (including phenoxy) is 1. The first kappa shape index (κ1) is 18.8. The highest BCUT2D eigenvalue weighted by Crippen LogP contribution is 2.30. The molecule has 0 saturated heterocycles. The fourth-order valence-corrected chi connectivity index (χ4v) is 3.26. The van der Waals surface area contributed by atoms with Crippen molar-refractivity contribution in [1.29, 1.82) is 0 Å². The summed E-state index contributed by atoms with van der Waals surface area (Å²) in [7, 11) is 0. The molecule has 0 amide bonds. The fraction of sp³-hybridized carbons (Fsp3) is 0.231. The van der Waals surface area contributed by atoms with Gasteiger partial charge in [0.05, 0.1) is 5.41 Å². The van der Waals surface area contributed by atoms with Gasteiger partial charge in [0.15, 0.2) is 0 Å². The molecule has 1 unspecified atom stereocenters. The average molecular weight is 354 g/mol. The Morgan fingerprint density at radius 3 is 2.30 bits per heavy atom. The molecule has 0 aromatic heterocycles. The van der Waals surface area contributed by atoms with Crippen molar-refractivity contribution in [3.8, 4) is 23.8 Å². The monoisotopic (exact) mass is 354 g/mol. The zero-order valence-electron chi connectivity index (χ0n) is 16.1. The van der Waals surface area contributed by atoms with E-state index in [0.717, 1.165) is 30.8 Å². The first-order chi connectivity index (χ1) is 13.1. The summed E-state index contributed by atoms with van der Waals surface area (Å²) >= 11 is 0. The molecule has 0 saturated carbocycles. The van der Waals surface area contributed by atoms with Gasteiger partial charge < -0.3 is 4.74 Å². The van der Waals surface area contributed by atoms with E-state index in [2.05, 4.69) is 56.2 Å². The maximum atomic E-state index is 5.94. The highest BCUT2D eigenvalue weighted by Gasteiger charge is 2.23. The number of terminal acetylenes is 1. The van der Waals surface area contributed by atoms with Crippen LogP contribution in [0.1, 0.15) is 36.5 Å². The minimum atomic E-state index is -0.230. The summed E-state index contributed by atoms with van der Waals surface area (Å²) in [4.78, 5) is 0. The SMILES string of the molecule is C#CC(C)(CCCc1cccc(Oc2ccccc2)c1)c1ccc(C)cc1. The molecule has 0 aliphatic heterocycles. The van der Waals surface area contributed by atoms with Crippen LogP contribution < -0.4 is 4.74 Å². The molecular weight excluding hydrogens is 328 g/mol.